The van der Waals surface area contributed by atoms with Crippen LogP contribution in [-0.4, -0.2) is 20.9 Å². The van der Waals surface area contributed by atoms with Crippen LogP contribution in [0.4, 0.5) is 0 Å². The van der Waals surface area contributed by atoms with Crippen LogP contribution in [0.25, 0.3) is 0 Å². The lowest BCUT2D eigenvalue weighted by molar-refractivity contribution is 0.0697. The van der Waals surface area contributed by atoms with Gasteiger partial charge in [0.2, 0.25) is 0 Å². The molecule has 0 radical (unpaired) electrons. The zero-order valence-electron chi connectivity index (χ0n) is 10.8. The van der Waals surface area contributed by atoms with Gasteiger partial charge in [-0.05, 0) is 30.7 Å². The topological polar surface area (TPSA) is 67.2 Å². The Labute approximate surface area is 111 Å². The van der Waals surface area contributed by atoms with Crippen molar-refractivity contribution in [2.24, 2.45) is 0 Å². The number of benzene rings is 1. The minimum absolute atomic E-state index is 0.313. The van der Waals surface area contributed by atoms with E-state index in [1.165, 1.54) is 0 Å². The summed E-state index contributed by atoms with van der Waals surface area (Å²) >= 11 is 0. The van der Waals surface area contributed by atoms with Crippen LogP contribution in [-0.2, 0) is 19.6 Å². The highest BCUT2D eigenvalue weighted by atomic mass is 16.4. The quantitative estimate of drug-likeness (QED) is 0.831. The fourth-order valence-corrected chi connectivity index (χ4v) is 1.90. The van der Waals surface area contributed by atoms with Crippen molar-refractivity contribution < 1.29 is 9.90 Å². The smallest absolute Gasteiger partial charge is 0.335 e. The van der Waals surface area contributed by atoms with E-state index in [1.54, 1.807) is 18.3 Å². The maximum Gasteiger partial charge on any atom is 0.335 e. The molecule has 0 bridgehead atoms. The van der Waals surface area contributed by atoms with Crippen molar-refractivity contribution in [3.05, 3.63) is 53.3 Å². The van der Waals surface area contributed by atoms with E-state index in [0.29, 0.717) is 12.1 Å². The minimum Gasteiger partial charge on any atom is -0.478 e. The fraction of sp³-hybridized carbons (Fsp3) is 0.286. The summed E-state index contributed by atoms with van der Waals surface area (Å²) in [6.45, 7) is 4.36. The van der Waals surface area contributed by atoms with E-state index in [1.807, 2.05) is 22.9 Å². The van der Waals surface area contributed by atoms with Crippen LogP contribution in [0.15, 0.2) is 36.5 Å². The SMILES string of the molecule is CCn1nccc1CNCc1ccc(C(=O)O)cc1. The van der Waals surface area contributed by atoms with E-state index in [0.717, 1.165) is 24.3 Å². The maximum absolute atomic E-state index is 10.7. The van der Waals surface area contributed by atoms with Gasteiger partial charge in [-0.25, -0.2) is 4.79 Å². The standard InChI is InChI=1S/C14H17N3O2/c1-2-17-13(7-8-16-17)10-15-9-11-3-5-12(6-4-11)14(18)19/h3-8,15H,2,9-10H2,1H3,(H,18,19). The molecule has 0 unspecified atom stereocenters. The van der Waals surface area contributed by atoms with Crippen molar-refractivity contribution in [1.82, 2.24) is 15.1 Å². The number of rotatable bonds is 6. The molecule has 0 spiro atoms. The summed E-state index contributed by atoms with van der Waals surface area (Å²) in [6, 6.07) is 8.89. The molecule has 0 aliphatic carbocycles. The van der Waals surface area contributed by atoms with Crippen molar-refractivity contribution in [2.75, 3.05) is 0 Å². The molecule has 100 valence electrons. The molecule has 0 aliphatic heterocycles. The van der Waals surface area contributed by atoms with Gasteiger partial charge in [-0.3, -0.25) is 4.68 Å². The Kier molecular flexibility index (Phi) is 4.30. The Morgan fingerprint density at radius 1 is 1.26 bits per heavy atom. The number of aryl methyl sites for hydroxylation is 1. The maximum atomic E-state index is 10.7. The van der Waals surface area contributed by atoms with Gasteiger partial charge in [0, 0.05) is 25.8 Å². The second-order valence-electron chi connectivity index (χ2n) is 4.24. The Balaban J connectivity index is 1.87. The first-order valence-corrected chi connectivity index (χ1v) is 6.24. The van der Waals surface area contributed by atoms with Crippen molar-refractivity contribution in [1.29, 1.82) is 0 Å². The number of hydrogen-bond acceptors (Lipinski definition) is 3. The highest BCUT2D eigenvalue weighted by Gasteiger charge is 2.02. The van der Waals surface area contributed by atoms with Gasteiger partial charge < -0.3 is 10.4 Å². The molecule has 2 rings (SSSR count). The van der Waals surface area contributed by atoms with E-state index in [4.69, 9.17) is 5.11 Å². The van der Waals surface area contributed by atoms with Gasteiger partial charge in [0.15, 0.2) is 0 Å². The Morgan fingerprint density at radius 2 is 2.00 bits per heavy atom. The summed E-state index contributed by atoms with van der Waals surface area (Å²) in [5.74, 6) is -0.897. The van der Waals surface area contributed by atoms with Gasteiger partial charge in [0.25, 0.3) is 0 Å². The second-order valence-corrected chi connectivity index (χ2v) is 4.24. The van der Waals surface area contributed by atoms with Crippen LogP contribution in [0, 0.1) is 0 Å². The lowest BCUT2D eigenvalue weighted by Crippen LogP contribution is -2.16. The van der Waals surface area contributed by atoms with Crippen molar-refractivity contribution in [3.8, 4) is 0 Å². The number of nitrogens with one attached hydrogen (secondary N) is 1. The molecule has 5 nitrogen and oxygen atoms in total. The van der Waals surface area contributed by atoms with Gasteiger partial charge in [-0.2, -0.15) is 5.10 Å². The molecule has 2 aromatic rings. The zero-order valence-corrected chi connectivity index (χ0v) is 10.8. The first-order chi connectivity index (χ1) is 9.20. The Morgan fingerprint density at radius 3 is 2.63 bits per heavy atom. The van der Waals surface area contributed by atoms with Gasteiger partial charge in [0.1, 0.15) is 0 Å². The molecular weight excluding hydrogens is 242 g/mol. The predicted molar refractivity (Wildman–Crippen MR) is 71.8 cm³/mol. The number of nitrogens with zero attached hydrogens (tertiary/aromatic N) is 2. The van der Waals surface area contributed by atoms with E-state index >= 15 is 0 Å². The first-order valence-electron chi connectivity index (χ1n) is 6.24. The molecule has 0 fully saturated rings. The summed E-state index contributed by atoms with van der Waals surface area (Å²) in [5.41, 5.74) is 2.52. The van der Waals surface area contributed by atoms with Gasteiger partial charge >= 0.3 is 5.97 Å². The van der Waals surface area contributed by atoms with Gasteiger partial charge in [-0.15, -0.1) is 0 Å². The largest absolute Gasteiger partial charge is 0.478 e. The predicted octanol–water partition coefficient (Wildman–Crippen LogP) is 1.89. The van der Waals surface area contributed by atoms with Crippen LogP contribution in [0.2, 0.25) is 0 Å². The highest BCUT2D eigenvalue weighted by Crippen LogP contribution is 2.05. The molecule has 19 heavy (non-hydrogen) atoms. The van der Waals surface area contributed by atoms with E-state index in [2.05, 4.69) is 17.3 Å². The Hall–Kier alpha value is -2.14. The highest BCUT2D eigenvalue weighted by molar-refractivity contribution is 5.87. The summed E-state index contributed by atoms with van der Waals surface area (Å²) < 4.78 is 1.94. The fourth-order valence-electron chi connectivity index (χ4n) is 1.90. The molecular formula is C14H17N3O2. The third-order valence-corrected chi connectivity index (χ3v) is 2.94. The lowest BCUT2D eigenvalue weighted by Gasteiger charge is -2.07. The summed E-state index contributed by atoms with van der Waals surface area (Å²) in [4.78, 5) is 10.7. The zero-order chi connectivity index (χ0) is 13.7. The van der Waals surface area contributed by atoms with Gasteiger partial charge in [0.05, 0.1) is 11.3 Å². The molecule has 0 saturated heterocycles. The van der Waals surface area contributed by atoms with Crippen LogP contribution in [0.3, 0.4) is 0 Å². The summed E-state index contributed by atoms with van der Waals surface area (Å²) in [7, 11) is 0. The number of aromatic nitrogens is 2. The molecule has 2 N–H and O–H groups in total. The molecule has 0 saturated carbocycles. The number of carboxylic acids is 1. The van der Waals surface area contributed by atoms with Crippen LogP contribution >= 0.6 is 0 Å². The third kappa shape index (κ3) is 3.42. The molecule has 1 aromatic heterocycles. The number of hydrogen-bond donors (Lipinski definition) is 2. The van der Waals surface area contributed by atoms with Crippen LogP contribution in [0.1, 0.15) is 28.5 Å². The van der Waals surface area contributed by atoms with E-state index in [9.17, 15) is 4.79 Å². The first kappa shape index (κ1) is 13.3. The Bertz CT molecular complexity index is 546. The molecule has 0 aliphatic rings. The molecule has 0 amide bonds. The number of carbonyl (C=O) groups is 1. The van der Waals surface area contributed by atoms with Gasteiger partial charge in [-0.1, -0.05) is 12.1 Å². The summed E-state index contributed by atoms with van der Waals surface area (Å²) in [5, 5.41) is 16.3. The minimum atomic E-state index is -0.897. The number of carboxylic acid groups (broad SMARTS) is 1. The monoisotopic (exact) mass is 259 g/mol. The normalized spacial score (nSPS) is 10.6. The van der Waals surface area contributed by atoms with Crippen LogP contribution < -0.4 is 5.32 Å². The average molecular weight is 259 g/mol. The lowest BCUT2D eigenvalue weighted by atomic mass is 10.1. The van der Waals surface area contributed by atoms with Crippen LogP contribution in [0.5, 0.6) is 0 Å². The van der Waals surface area contributed by atoms with Crippen molar-refractivity contribution in [3.63, 3.8) is 0 Å². The van der Waals surface area contributed by atoms with Crippen molar-refractivity contribution >= 4 is 5.97 Å². The number of aromatic carboxylic acids is 1. The average Bonchev–Trinajstić information content (AvgIpc) is 2.87. The second kappa shape index (κ2) is 6.15. The molecule has 1 aromatic carbocycles. The molecule has 0 atom stereocenters. The molecule has 1 heterocycles. The van der Waals surface area contributed by atoms with E-state index < -0.39 is 5.97 Å². The van der Waals surface area contributed by atoms with E-state index in [-0.39, 0.29) is 0 Å². The molecule has 5 heteroatoms. The van der Waals surface area contributed by atoms with Crippen molar-refractivity contribution in [2.45, 2.75) is 26.6 Å². The third-order valence-electron chi connectivity index (χ3n) is 2.94. The summed E-state index contributed by atoms with van der Waals surface area (Å²) in [6.07, 6.45) is 1.79.